The van der Waals surface area contributed by atoms with E-state index in [0.29, 0.717) is 40.9 Å². The summed E-state index contributed by atoms with van der Waals surface area (Å²) in [6.07, 6.45) is 0.831. The molecule has 3 aromatic rings. The molecule has 0 saturated carbocycles. The van der Waals surface area contributed by atoms with Crippen molar-refractivity contribution >= 4 is 11.9 Å². The predicted octanol–water partition coefficient (Wildman–Crippen LogP) is 5.31. The van der Waals surface area contributed by atoms with Gasteiger partial charge in [0.05, 0.1) is 26.2 Å². The van der Waals surface area contributed by atoms with Crippen LogP contribution in [0, 0.1) is 5.92 Å². The smallest absolute Gasteiger partial charge is 0.344 e. The van der Waals surface area contributed by atoms with Gasteiger partial charge in [-0.15, -0.1) is 0 Å². The van der Waals surface area contributed by atoms with E-state index in [1.807, 2.05) is 50.2 Å². The summed E-state index contributed by atoms with van der Waals surface area (Å²) in [4.78, 5) is 25.5. The molecular formula is C32H34O9. The first kappa shape index (κ1) is 28.1. The molecule has 3 aromatic carbocycles. The minimum Gasteiger partial charge on any atom is -0.497 e. The number of carboxylic acids is 1. The van der Waals surface area contributed by atoms with Crippen molar-refractivity contribution in [3.63, 3.8) is 0 Å². The molecule has 5 rings (SSSR count). The Morgan fingerprint density at radius 2 is 1.73 bits per heavy atom. The van der Waals surface area contributed by atoms with Crippen molar-refractivity contribution in [2.45, 2.75) is 38.5 Å². The molecule has 0 amide bonds. The summed E-state index contributed by atoms with van der Waals surface area (Å²) in [6.45, 7) is 6.22. The van der Waals surface area contributed by atoms with Crippen molar-refractivity contribution < 1.29 is 43.1 Å². The molecule has 0 bridgehead atoms. The van der Waals surface area contributed by atoms with Gasteiger partial charge in [-0.2, -0.15) is 0 Å². The number of esters is 1. The van der Waals surface area contributed by atoms with Gasteiger partial charge in [0.15, 0.2) is 18.1 Å². The Morgan fingerprint density at radius 3 is 2.46 bits per heavy atom. The van der Waals surface area contributed by atoms with E-state index in [2.05, 4.69) is 0 Å². The number of rotatable bonds is 11. The summed E-state index contributed by atoms with van der Waals surface area (Å²) < 4.78 is 33.6. The van der Waals surface area contributed by atoms with Crippen molar-refractivity contribution in [2.24, 2.45) is 5.92 Å². The monoisotopic (exact) mass is 562 g/mol. The van der Waals surface area contributed by atoms with Gasteiger partial charge in [0, 0.05) is 23.0 Å². The summed E-state index contributed by atoms with van der Waals surface area (Å²) in [7, 11) is 1.53. The van der Waals surface area contributed by atoms with Crippen LogP contribution in [0.4, 0.5) is 0 Å². The van der Waals surface area contributed by atoms with Gasteiger partial charge in [-0.3, -0.25) is 4.79 Å². The molecule has 3 atom stereocenters. The number of aliphatic carboxylic acids is 1. The van der Waals surface area contributed by atoms with Gasteiger partial charge in [-0.25, -0.2) is 4.79 Å². The largest absolute Gasteiger partial charge is 0.497 e. The number of methoxy groups -OCH3 is 1. The van der Waals surface area contributed by atoms with Crippen molar-refractivity contribution in [3.05, 3.63) is 76.9 Å². The average molecular weight is 563 g/mol. The third kappa shape index (κ3) is 5.12. The lowest BCUT2D eigenvalue weighted by Gasteiger charge is -2.33. The van der Waals surface area contributed by atoms with Crippen LogP contribution in [-0.2, 0) is 19.7 Å². The van der Waals surface area contributed by atoms with Crippen molar-refractivity contribution in [1.29, 1.82) is 0 Å². The SMILES string of the molecule is CCCOc1ccc2c(c1)C(c1ccc(OC)cc1OCC(=O)OCC)C(C(=O)O)C2(C)c1ccc2c(c1)OCO2. The highest BCUT2D eigenvalue weighted by molar-refractivity contribution is 5.80. The third-order valence-electron chi connectivity index (χ3n) is 7.79. The number of carbonyl (C=O) groups excluding carboxylic acids is 1. The number of benzene rings is 3. The molecule has 9 nitrogen and oxygen atoms in total. The van der Waals surface area contributed by atoms with Gasteiger partial charge in [-0.05, 0) is 60.4 Å². The van der Waals surface area contributed by atoms with Crippen LogP contribution in [-0.4, -0.2) is 50.8 Å². The van der Waals surface area contributed by atoms with E-state index in [-0.39, 0.29) is 20.0 Å². The number of hydrogen-bond acceptors (Lipinski definition) is 8. The quantitative estimate of drug-likeness (QED) is 0.311. The molecule has 3 unspecified atom stereocenters. The van der Waals surface area contributed by atoms with Crippen LogP contribution in [0.25, 0.3) is 0 Å². The lowest BCUT2D eigenvalue weighted by atomic mass is 9.68. The molecule has 0 radical (unpaired) electrons. The predicted molar refractivity (Wildman–Crippen MR) is 149 cm³/mol. The molecule has 0 spiro atoms. The van der Waals surface area contributed by atoms with Crippen LogP contribution in [0.15, 0.2) is 54.6 Å². The van der Waals surface area contributed by atoms with Crippen LogP contribution >= 0.6 is 0 Å². The van der Waals surface area contributed by atoms with E-state index in [1.165, 1.54) is 7.11 Å². The normalized spacial score (nSPS) is 20.3. The Bertz CT molecular complexity index is 1450. The minimum absolute atomic E-state index is 0.113. The fourth-order valence-electron chi connectivity index (χ4n) is 5.92. The highest BCUT2D eigenvalue weighted by Crippen LogP contribution is 2.59. The zero-order valence-electron chi connectivity index (χ0n) is 23.6. The Morgan fingerprint density at radius 1 is 0.951 bits per heavy atom. The zero-order valence-corrected chi connectivity index (χ0v) is 23.6. The number of carbonyl (C=O) groups is 2. The second-order valence-corrected chi connectivity index (χ2v) is 10.2. The fraction of sp³-hybridized carbons (Fsp3) is 0.375. The summed E-state index contributed by atoms with van der Waals surface area (Å²) in [5, 5.41) is 10.9. The third-order valence-corrected chi connectivity index (χ3v) is 7.79. The summed E-state index contributed by atoms with van der Waals surface area (Å²) in [5.74, 6) is -0.402. The second-order valence-electron chi connectivity index (χ2n) is 10.2. The molecular weight excluding hydrogens is 528 g/mol. The van der Waals surface area contributed by atoms with E-state index < -0.39 is 29.2 Å². The van der Waals surface area contributed by atoms with Crippen molar-refractivity contribution in [3.8, 4) is 28.7 Å². The number of fused-ring (bicyclic) bond motifs is 2. The highest BCUT2D eigenvalue weighted by atomic mass is 16.7. The Kier molecular flexibility index (Phi) is 7.97. The lowest BCUT2D eigenvalue weighted by molar-refractivity contribution is -0.146. The Balaban J connectivity index is 1.70. The molecule has 1 aliphatic carbocycles. The maximum atomic E-state index is 13.3. The van der Waals surface area contributed by atoms with Gasteiger partial charge in [-0.1, -0.05) is 32.0 Å². The number of hydrogen-bond donors (Lipinski definition) is 1. The van der Waals surface area contributed by atoms with Crippen molar-refractivity contribution in [2.75, 3.05) is 33.7 Å². The Hall–Kier alpha value is -4.40. The first-order valence-electron chi connectivity index (χ1n) is 13.7. The summed E-state index contributed by atoms with van der Waals surface area (Å²) in [6, 6.07) is 16.5. The standard InChI is InChI=1S/C32H34O9/c1-5-13-38-21-9-11-24-23(15-21)29(22-10-8-20(36-4)16-26(22)39-17-28(33)37-6-2)30(31(34)35)32(24,3)19-7-12-25-27(14-19)41-18-40-25/h7-12,14-16,29-30H,5-6,13,17-18H2,1-4H3,(H,34,35). The van der Waals surface area contributed by atoms with E-state index >= 15 is 0 Å². The van der Waals surface area contributed by atoms with Crippen LogP contribution in [0.1, 0.15) is 55.4 Å². The molecule has 0 aromatic heterocycles. The molecule has 0 saturated heterocycles. The molecule has 41 heavy (non-hydrogen) atoms. The number of carboxylic acid groups (broad SMARTS) is 1. The van der Waals surface area contributed by atoms with Crippen molar-refractivity contribution in [1.82, 2.24) is 0 Å². The average Bonchev–Trinajstić information content (AvgIpc) is 3.55. The van der Waals surface area contributed by atoms with Crippen LogP contribution < -0.4 is 23.7 Å². The summed E-state index contributed by atoms with van der Waals surface area (Å²) in [5.41, 5.74) is 2.08. The van der Waals surface area contributed by atoms with E-state index in [0.717, 1.165) is 23.1 Å². The maximum Gasteiger partial charge on any atom is 0.344 e. The van der Waals surface area contributed by atoms with Gasteiger partial charge in [0.25, 0.3) is 0 Å². The fourth-order valence-corrected chi connectivity index (χ4v) is 5.92. The minimum atomic E-state index is -0.977. The van der Waals surface area contributed by atoms with Crippen LogP contribution in [0.3, 0.4) is 0 Å². The molecule has 2 aliphatic rings. The molecule has 1 aliphatic heterocycles. The zero-order chi connectivity index (χ0) is 29.1. The molecule has 1 N–H and O–H groups in total. The van der Waals surface area contributed by atoms with Crippen LogP contribution in [0.2, 0.25) is 0 Å². The highest BCUT2D eigenvalue weighted by Gasteiger charge is 2.55. The number of ether oxygens (including phenoxy) is 6. The maximum absolute atomic E-state index is 13.3. The van der Waals surface area contributed by atoms with E-state index in [1.54, 1.807) is 25.1 Å². The van der Waals surface area contributed by atoms with Gasteiger partial charge >= 0.3 is 11.9 Å². The lowest BCUT2D eigenvalue weighted by Crippen LogP contribution is -2.37. The summed E-state index contributed by atoms with van der Waals surface area (Å²) >= 11 is 0. The van der Waals surface area contributed by atoms with Crippen LogP contribution in [0.5, 0.6) is 28.7 Å². The Labute approximate surface area is 238 Å². The van der Waals surface area contributed by atoms with E-state index in [9.17, 15) is 14.7 Å². The first-order chi connectivity index (χ1) is 19.8. The van der Waals surface area contributed by atoms with E-state index in [4.69, 9.17) is 28.4 Å². The van der Waals surface area contributed by atoms with Gasteiger partial charge in [0.1, 0.15) is 17.2 Å². The second kappa shape index (κ2) is 11.6. The van der Waals surface area contributed by atoms with Gasteiger partial charge < -0.3 is 33.5 Å². The molecule has 9 heteroatoms. The molecule has 216 valence electrons. The molecule has 1 heterocycles. The topological polar surface area (TPSA) is 110 Å². The molecule has 0 fully saturated rings. The first-order valence-corrected chi connectivity index (χ1v) is 13.7. The van der Waals surface area contributed by atoms with Gasteiger partial charge in [0.2, 0.25) is 6.79 Å².